The highest BCUT2D eigenvalue weighted by molar-refractivity contribution is 5.82. The molecule has 7 heteroatoms. The van der Waals surface area contributed by atoms with Crippen LogP contribution >= 0.6 is 0 Å². The van der Waals surface area contributed by atoms with Crippen molar-refractivity contribution in [3.05, 3.63) is 78.0 Å². The minimum Gasteiger partial charge on any atom is -0.489 e. The molecule has 0 bridgehead atoms. The first-order chi connectivity index (χ1) is 14.2. The third kappa shape index (κ3) is 4.89. The quantitative estimate of drug-likeness (QED) is 0.693. The molecule has 2 heterocycles. The Morgan fingerprint density at radius 2 is 2.07 bits per heavy atom. The second-order valence-corrected chi connectivity index (χ2v) is 6.70. The van der Waals surface area contributed by atoms with E-state index >= 15 is 0 Å². The summed E-state index contributed by atoms with van der Waals surface area (Å²) >= 11 is 0. The van der Waals surface area contributed by atoms with Crippen LogP contribution in [-0.4, -0.2) is 36.5 Å². The average Bonchev–Trinajstić information content (AvgIpc) is 2.76. The number of rotatable bonds is 6. The molecule has 0 radical (unpaired) electrons. The lowest BCUT2D eigenvalue weighted by Gasteiger charge is -2.26. The van der Waals surface area contributed by atoms with Gasteiger partial charge in [0.05, 0.1) is 0 Å². The Morgan fingerprint density at radius 1 is 1.21 bits per heavy atom. The summed E-state index contributed by atoms with van der Waals surface area (Å²) in [6.07, 6.45) is 3.55. The van der Waals surface area contributed by atoms with Crippen molar-refractivity contribution in [1.29, 1.82) is 0 Å². The predicted octanol–water partition coefficient (Wildman–Crippen LogP) is 1.88. The molecule has 2 aromatic rings. The lowest BCUT2D eigenvalue weighted by atomic mass is 10.2. The van der Waals surface area contributed by atoms with Crippen molar-refractivity contribution in [2.75, 3.05) is 13.2 Å². The van der Waals surface area contributed by atoms with Crippen molar-refractivity contribution in [3.63, 3.8) is 0 Å². The number of aliphatic hydroxyl groups is 1. The SMILES string of the molecule is O=C(NCC1=CC(O)NC=C1)C1COc2ccc(OCc3ccccc3)cc2O1. The van der Waals surface area contributed by atoms with Crippen molar-refractivity contribution >= 4 is 5.91 Å². The average molecular weight is 394 g/mol. The minimum atomic E-state index is -0.761. The maximum atomic E-state index is 12.5. The zero-order valence-corrected chi connectivity index (χ0v) is 15.7. The standard InChI is InChI=1S/C22H22N2O5/c25-21-10-16(8-9-23-21)12-24-22(26)20-14-28-18-7-6-17(11-19(18)29-20)27-13-15-4-2-1-3-5-15/h1-11,20-21,23,25H,12-14H2,(H,24,26). The lowest BCUT2D eigenvalue weighted by Crippen LogP contribution is -2.44. The Bertz CT molecular complexity index is 926. The number of nitrogens with one attached hydrogen (secondary N) is 2. The van der Waals surface area contributed by atoms with Crippen molar-refractivity contribution in [2.24, 2.45) is 0 Å². The molecular formula is C22H22N2O5. The van der Waals surface area contributed by atoms with Gasteiger partial charge in [-0.05, 0) is 41.6 Å². The number of dihydropyridines is 1. The first-order valence-corrected chi connectivity index (χ1v) is 9.37. The van der Waals surface area contributed by atoms with E-state index < -0.39 is 12.3 Å². The van der Waals surface area contributed by atoms with Crippen LogP contribution in [0.25, 0.3) is 0 Å². The third-order valence-corrected chi connectivity index (χ3v) is 4.52. The van der Waals surface area contributed by atoms with Gasteiger partial charge in [-0.15, -0.1) is 0 Å². The van der Waals surface area contributed by atoms with Gasteiger partial charge in [0.15, 0.2) is 11.5 Å². The Labute approximate surface area is 168 Å². The Kier molecular flexibility index (Phi) is 5.67. The molecular weight excluding hydrogens is 372 g/mol. The molecule has 0 saturated carbocycles. The summed E-state index contributed by atoms with van der Waals surface area (Å²) in [6, 6.07) is 15.2. The van der Waals surface area contributed by atoms with E-state index in [1.165, 1.54) is 0 Å². The molecule has 7 nitrogen and oxygen atoms in total. The number of amides is 1. The molecule has 1 amide bonds. The molecule has 4 rings (SSSR count). The van der Waals surface area contributed by atoms with Gasteiger partial charge in [-0.25, -0.2) is 0 Å². The Balaban J connectivity index is 1.34. The van der Waals surface area contributed by atoms with E-state index in [4.69, 9.17) is 14.2 Å². The van der Waals surface area contributed by atoms with Crippen molar-refractivity contribution in [2.45, 2.75) is 18.9 Å². The van der Waals surface area contributed by atoms with Crippen LogP contribution in [0.5, 0.6) is 17.2 Å². The molecule has 2 atom stereocenters. The smallest absolute Gasteiger partial charge is 0.264 e. The molecule has 29 heavy (non-hydrogen) atoms. The highest BCUT2D eigenvalue weighted by Gasteiger charge is 2.27. The number of carbonyl (C=O) groups excluding carboxylic acids is 1. The molecule has 3 N–H and O–H groups in total. The maximum absolute atomic E-state index is 12.5. The summed E-state index contributed by atoms with van der Waals surface area (Å²) in [5.41, 5.74) is 1.87. The van der Waals surface area contributed by atoms with Gasteiger partial charge in [0.25, 0.3) is 5.91 Å². The summed E-state index contributed by atoms with van der Waals surface area (Å²) in [7, 11) is 0. The topological polar surface area (TPSA) is 89.1 Å². The van der Waals surface area contributed by atoms with E-state index in [9.17, 15) is 9.90 Å². The highest BCUT2D eigenvalue weighted by atomic mass is 16.6. The fraction of sp³-hybridized carbons (Fsp3) is 0.227. The van der Waals surface area contributed by atoms with Gasteiger partial charge in [-0.1, -0.05) is 30.3 Å². The van der Waals surface area contributed by atoms with E-state index in [2.05, 4.69) is 10.6 Å². The van der Waals surface area contributed by atoms with E-state index in [1.54, 1.807) is 30.5 Å². The van der Waals surface area contributed by atoms with Crippen LogP contribution in [0.2, 0.25) is 0 Å². The Hall–Kier alpha value is -3.45. The maximum Gasteiger partial charge on any atom is 0.264 e. The number of carbonyl (C=O) groups is 1. The molecule has 150 valence electrons. The minimum absolute atomic E-state index is 0.127. The molecule has 0 spiro atoms. The largest absolute Gasteiger partial charge is 0.489 e. The van der Waals surface area contributed by atoms with E-state index in [0.717, 1.165) is 11.1 Å². The summed E-state index contributed by atoms with van der Waals surface area (Å²) in [6.45, 7) is 0.858. The van der Waals surface area contributed by atoms with E-state index in [-0.39, 0.29) is 12.5 Å². The molecule has 2 aromatic carbocycles. The molecule has 0 aliphatic carbocycles. The highest BCUT2D eigenvalue weighted by Crippen LogP contribution is 2.35. The third-order valence-electron chi connectivity index (χ3n) is 4.52. The van der Waals surface area contributed by atoms with Crippen molar-refractivity contribution < 1.29 is 24.1 Å². The van der Waals surface area contributed by atoms with E-state index in [1.807, 2.05) is 36.4 Å². The van der Waals surface area contributed by atoms with Gasteiger partial charge in [0, 0.05) is 12.6 Å². The first kappa shape index (κ1) is 18.9. The van der Waals surface area contributed by atoms with E-state index in [0.29, 0.717) is 30.4 Å². The van der Waals surface area contributed by atoms with Crippen LogP contribution in [0, 0.1) is 0 Å². The number of hydrogen-bond donors (Lipinski definition) is 3. The van der Waals surface area contributed by atoms with Gasteiger partial charge in [-0.3, -0.25) is 4.79 Å². The predicted molar refractivity (Wildman–Crippen MR) is 107 cm³/mol. The molecule has 0 aromatic heterocycles. The van der Waals surface area contributed by atoms with Crippen LogP contribution in [0.1, 0.15) is 5.56 Å². The molecule has 0 saturated heterocycles. The number of fused-ring (bicyclic) bond motifs is 1. The van der Waals surface area contributed by atoms with Crippen molar-refractivity contribution in [1.82, 2.24) is 10.6 Å². The van der Waals surface area contributed by atoms with Crippen LogP contribution in [-0.2, 0) is 11.4 Å². The first-order valence-electron chi connectivity index (χ1n) is 9.37. The lowest BCUT2D eigenvalue weighted by molar-refractivity contribution is -0.130. The van der Waals surface area contributed by atoms with Crippen LogP contribution in [0.15, 0.2) is 72.5 Å². The molecule has 0 fully saturated rings. The van der Waals surface area contributed by atoms with Gasteiger partial charge in [0.2, 0.25) is 6.10 Å². The molecule has 2 aliphatic rings. The number of ether oxygens (including phenoxy) is 3. The zero-order chi connectivity index (χ0) is 20.1. The molecule has 2 unspecified atom stereocenters. The zero-order valence-electron chi connectivity index (χ0n) is 15.7. The fourth-order valence-corrected chi connectivity index (χ4v) is 2.99. The van der Waals surface area contributed by atoms with Crippen LogP contribution in [0.4, 0.5) is 0 Å². The number of benzene rings is 2. The van der Waals surface area contributed by atoms with Gasteiger partial charge in [0.1, 0.15) is 25.2 Å². The normalized spacial score (nSPS) is 19.7. The Morgan fingerprint density at radius 3 is 2.90 bits per heavy atom. The van der Waals surface area contributed by atoms with Crippen LogP contribution in [0.3, 0.4) is 0 Å². The summed E-state index contributed by atoms with van der Waals surface area (Å²) in [5, 5.41) is 15.1. The summed E-state index contributed by atoms with van der Waals surface area (Å²) in [4.78, 5) is 12.5. The fourth-order valence-electron chi connectivity index (χ4n) is 2.99. The van der Waals surface area contributed by atoms with Gasteiger partial charge in [-0.2, -0.15) is 0 Å². The number of hydrogen-bond acceptors (Lipinski definition) is 6. The van der Waals surface area contributed by atoms with Crippen LogP contribution < -0.4 is 24.8 Å². The second-order valence-electron chi connectivity index (χ2n) is 6.70. The van der Waals surface area contributed by atoms with Gasteiger partial charge < -0.3 is 30.0 Å². The summed E-state index contributed by atoms with van der Waals surface area (Å²) in [5.74, 6) is 1.40. The van der Waals surface area contributed by atoms with Gasteiger partial charge >= 0.3 is 0 Å². The second kappa shape index (κ2) is 8.70. The summed E-state index contributed by atoms with van der Waals surface area (Å²) < 4.78 is 17.3. The number of aliphatic hydroxyl groups excluding tert-OH is 1. The molecule has 2 aliphatic heterocycles. The monoisotopic (exact) mass is 394 g/mol. The van der Waals surface area contributed by atoms with Crippen molar-refractivity contribution in [3.8, 4) is 17.2 Å².